The van der Waals surface area contributed by atoms with Crippen LogP contribution in [0.2, 0.25) is 0 Å². The zero-order valence-corrected chi connectivity index (χ0v) is 20.2. The van der Waals surface area contributed by atoms with E-state index in [0.29, 0.717) is 15.8 Å². The van der Waals surface area contributed by atoms with E-state index in [2.05, 4.69) is 48.8 Å². The maximum Gasteiger partial charge on any atom is 0.264 e. The predicted octanol–water partition coefficient (Wildman–Crippen LogP) is 6.82. The third-order valence-electron chi connectivity index (χ3n) is 4.33. The van der Waals surface area contributed by atoms with Crippen LogP contribution in [0, 0.1) is 17.4 Å². The van der Waals surface area contributed by atoms with Crippen molar-refractivity contribution in [3.8, 4) is 11.3 Å². The quantitative estimate of drug-likeness (QED) is 0.274. The van der Waals surface area contributed by atoms with Crippen LogP contribution >= 0.6 is 50.3 Å². The van der Waals surface area contributed by atoms with Crippen LogP contribution in [0.15, 0.2) is 67.3 Å². The Bertz CT molecular complexity index is 1140. The standard InChI is InChI=1S/C22H16BrIN2O2S/c1-12-9-16(10-13(2)20(12)23)25-22-26-21(27)19(29-22)11-17-7-8-18(28-17)14-3-5-15(24)6-4-14/h3-11H,1-2H3,(H,25,26,27)/b19-11-. The lowest BCUT2D eigenvalue weighted by Gasteiger charge is -2.04. The van der Waals surface area contributed by atoms with Gasteiger partial charge in [-0.15, -0.1) is 0 Å². The zero-order chi connectivity index (χ0) is 20.5. The van der Waals surface area contributed by atoms with Crippen LogP contribution in [-0.2, 0) is 4.79 Å². The average Bonchev–Trinajstić information content (AvgIpc) is 3.27. The summed E-state index contributed by atoms with van der Waals surface area (Å²) in [5, 5.41) is 3.38. The number of furan rings is 1. The minimum atomic E-state index is -0.175. The summed E-state index contributed by atoms with van der Waals surface area (Å²) in [6.07, 6.45) is 1.75. The molecule has 29 heavy (non-hydrogen) atoms. The maximum absolute atomic E-state index is 12.4. The van der Waals surface area contributed by atoms with Crippen LogP contribution in [0.3, 0.4) is 0 Å². The number of amides is 1. The number of rotatable bonds is 3. The fourth-order valence-electron chi connectivity index (χ4n) is 2.91. The van der Waals surface area contributed by atoms with Crippen molar-refractivity contribution in [2.24, 2.45) is 4.99 Å². The number of aliphatic imine (C=N–C) groups is 1. The molecule has 1 aliphatic heterocycles. The van der Waals surface area contributed by atoms with Crippen molar-refractivity contribution < 1.29 is 9.21 Å². The van der Waals surface area contributed by atoms with E-state index in [1.807, 2.05) is 62.4 Å². The van der Waals surface area contributed by atoms with Gasteiger partial charge in [-0.3, -0.25) is 4.79 Å². The Balaban J connectivity index is 1.55. The normalized spacial score (nSPS) is 16.6. The highest BCUT2D eigenvalue weighted by Gasteiger charge is 2.24. The lowest BCUT2D eigenvalue weighted by atomic mass is 10.1. The molecule has 4 rings (SSSR count). The molecular weight excluding hydrogens is 563 g/mol. The number of aryl methyl sites for hydroxylation is 2. The van der Waals surface area contributed by atoms with Crippen molar-refractivity contribution in [3.63, 3.8) is 0 Å². The molecule has 0 radical (unpaired) electrons. The van der Waals surface area contributed by atoms with Gasteiger partial charge in [0.25, 0.3) is 5.91 Å². The lowest BCUT2D eigenvalue weighted by Crippen LogP contribution is -2.19. The Morgan fingerprint density at radius 3 is 2.48 bits per heavy atom. The van der Waals surface area contributed by atoms with E-state index in [0.717, 1.165) is 32.6 Å². The topological polar surface area (TPSA) is 54.6 Å². The van der Waals surface area contributed by atoms with Gasteiger partial charge in [-0.2, -0.15) is 0 Å². The van der Waals surface area contributed by atoms with Crippen LogP contribution < -0.4 is 5.32 Å². The zero-order valence-electron chi connectivity index (χ0n) is 15.6. The van der Waals surface area contributed by atoms with E-state index in [1.165, 1.54) is 15.3 Å². The molecule has 1 N–H and O–H groups in total. The fraction of sp³-hybridized carbons (Fsp3) is 0.0909. The molecule has 2 heterocycles. The van der Waals surface area contributed by atoms with Crippen molar-refractivity contribution in [1.29, 1.82) is 0 Å². The number of carbonyl (C=O) groups is 1. The number of carbonyl (C=O) groups excluding carboxylic acids is 1. The third-order valence-corrected chi connectivity index (χ3v) is 7.21. The smallest absolute Gasteiger partial charge is 0.264 e. The second kappa shape index (κ2) is 8.49. The number of nitrogens with zero attached hydrogens (tertiary/aromatic N) is 1. The fourth-order valence-corrected chi connectivity index (χ4v) is 4.32. The summed E-state index contributed by atoms with van der Waals surface area (Å²) in [5.74, 6) is 1.23. The Labute approximate surface area is 195 Å². The van der Waals surface area contributed by atoms with Gasteiger partial charge in [0.05, 0.1) is 10.6 Å². The molecule has 1 amide bonds. The minimum absolute atomic E-state index is 0.175. The molecule has 0 atom stereocenters. The number of thioether (sulfide) groups is 1. The monoisotopic (exact) mass is 578 g/mol. The average molecular weight is 579 g/mol. The SMILES string of the molecule is Cc1cc(N=C2NC(=O)/C(=C/c3ccc(-c4ccc(I)cc4)o3)S2)cc(C)c1Br. The number of nitrogens with one attached hydrogen (secondary N) is 1. The van der Waals surface area contributed by atoms with E-state index in [1.54, 1.807) is 6.08 Å². The highest BCUT2D eigenvalue weighted by Crippen LogP contribution is 2.32. The van der Waals surface area contributed by atoms with Crippen LogP contribution in [0.25, 0.3) is 17.4 Å². The molecule has 146 valence electrons. The van der Waals surface area contributed by atoms with Gasteiger partial charge >= 0.3 is 0 Å². The van der Waals surface area contributed by atoms with Gasteiger partial charge in [0.1, 0.15) is 11.5 Å². The predicted molar refractivity (Wildman–Crippen MR) is 131 cm³/mol. The summed E-state index contributed by atoms with van der Waals surface area (Å²) in [6, 6.07) is 15.8. The second-order valence-corrected chi connectivity index (χ2v) is 9.65. The number of halogens is 2. The minimum Gasteiger partial charge on any atom is -0.457 e. The van der Waals surface area contributed by atoms with Crippen molar-refractivity contribution in [3.05, 3.63) is 78.4 Å². The number of amidine groups is 1. The van der Waals surface area contributed by atoms with E-state index in [9.17, 15) is 4.79 Å². The van der Waals surface area contributed by atoms with Gasteiger partial charge in [0.15, 0.2) is 5.17 Å². The van der Waals surface area contributed by atoms with Crippen LogP contribution in [0.1, 0.15) is 16.9 Å². The Morgan fingerprint density at radius 2 is 1.79 bits per heavy atom. The molecule has 0 aliphatic carbocycles. The van der Waals surface area contributed by atoms with E-state index in [-0.39, 0.29) is 5.91 Å². The molecule has 1 saturated heterocycles. The summed E-state index contributed by atoms with van der Waals surface area (Å²) in [7, 11) is 0. The van der Waals surface area contributed by atoms with Gasteiger partial charge < -0.3 is 9.73 Å². The number of benzene rings is 2. The summed E-state index contributed by atoms with van der Waals surface area (Å²) in [4.78, 5) is 17.5. The van der Waals surface area contributed by atoms with Crippen LogP contribution in [0.5, 0.6) is 0 Å². The van der Waals surface area contributed by atoms with Crippen LogP contribution in [-0.4, -0.2) is 11.1 Å². The lowest BCUT2D eigenvalue weighted by molar-refractivity contribution is -0.115. The molecule has 1 aromatic heterocycles. The molecule has 1 aliphatic rings. The van der Waals surface area contributed by atoms with Gasteiger partial charge in [-0.25, -0.2) is 4.99 Å². The maximum atomic E-state index is 12.4. The summed E-state index contributed by atoms with van der Waals surface area (Å²) in [5.41, 5.74) is 4.02. The van der Waals surface area contributed by atoms with Crippen molar-refractivity contribution in [1.82, 2.24) is 5.32 Å². The van der Waals surface area contributed by atoms with E-state index >= 15 is 0 Å². The van der Waals surface area contributed by atoms with Gasteiger partial charge in [-0.05, 0) is 95.7 Å². The Hall–Kier alpha value is -1.84. The van der Waals surface area contributed by atoms with Gasteiger partial charge in [0.2, 0.25) is 0 Å². The number of hydrogen-bond donors (Lipinski definition) is 1. The first-order valence-electron chi connectivity index (χ1n) is 8.81. The first kappa shape index (κ1) is 20.4. The second-order valence-electron chi connectivity index (χ2n) is 6.58. The van der Waals surface area contributed by atoms with Gasteiger partial charge in [0, 0.05) is 19.7 Å². The molecule has 3 aromatic rings. The first-order chi connectivity index (χ1) is 13.9. The largest absolute Gasteiger partial charge is 0.457 e. The number of hydrogen-bond acceptors (Lipinski definition) is 4. The molecule has 0 bridgehead atoms. The molecule has 2 aromatic carbocycles. The Kier molecular flexibility index (Phi) is 5.98. The summed E-state index contributed by atoms with van der Waals surface area (Å²) < 4.78 is 8.15. The van der Waals surface area contributed by atoms with E-state index < -0.39 is 0 Å². The molecular formula is C22H16BrIN2O2S. The van der Waals surface area contributed by atoms with E-state index in [4.69, 9.17) is 4.42 Å². The molecule has 1 fully saturated rings. The highest BCUT2D eigenvalue weighted by atomic mass is 127. The summed E-state index contributed by atoms with van der Waals surface area (Å²) in [6.45, 7) is 4.04. The van der Waals surface area contributed by atoms with Gasteiger partial charge in [-0.1, -0.05) is 28.1 Å². The molecule has 0 spiro atoms. The van der Waals surface area contributed by atoms with Crippen molar-refractivity contribution >= 4 is 73.1 Å². The molecule has 0 unspecified atom stereocenters. The van der Waals surface area contributed by atoms with Crippen molar-refractivity contribution in [2.75, 3.05) is 0 Å². The van der Waals surface area contributed by atoms with Crippen LogP contribution in [0.4, 0.5) is 5.69 Å². The molecule has 0 saturated carbocycles. The highest BCUT2D eigenvalue weighted by molar-refractivity contribution is 14.1. The first-order valence-corrected chi connectivity index (χ1v) is 11.5. The molecule has 4 nitrogen and oxygen atoms in total. The van der Waals surface area contributed by atoms with Crippen molar-refractivity contribution in [2.45, 2.75) is 13.8 Å². The third kappa shape index (κ3) is 4.67. The Morgan fingerprint density at radius 1 is 1.10 bits per heavy atom. The molecule has 7 heteroatoms. The summed E-state index contributed by atoms with van der Waals surface area (Å²) >= 11 is 7.14.